The van der Waals surface area contributed by atoms with E-state index in [4.69, 9.17) is 3.79 Å². The molecule has 0 aromatic rings. The van der Waals surface area contributed by atoms with Crippen LogP contribution in [-0.4, -0.2) is 38.5 Å². The van der Waals surface area contributed by atoms with Crippen LogP contribution in [0.4, 0.5) is 0 Å². The monoisotopic (exact) mass is 160 g/mol. The Balaban J connectivity index is 0. The molecule has 9 heavy (non-hydrogen) atoms. The first kappa shape index (κ1) is 12.7. The second kappa shape index (κ2) is 9.02. The first-order valence-electron chi connectivity index (χ1n) is 3.46. The van der Waals surface area contributed by atoms with E-state index in [9.17, 15) is 0 Å². The molecule has 0 bridgehead atoms. The van der Waals surface area contributed by atoms with Crippen LogP contribution >= 0.6 is 0 Å². The van der Waals surface area contributed by atoms with Crippen LogP contribution in [0.3, 0.4) is 0 Å². The molecule has 0 amide bonds. The van der Waals surface area contributed by atoms with Gasteiger partial charge in [0.25, 0.3) is 0 Å². The van der Waals surface area contributed by atoms with Crippen molar-refractivity contribution in [2.75, 3.05) is 6.61 Å². The van der Waals surface area contributed by atoms with E-state index in [-0.39, 0.29) is 17.4 Å². The molecule has 0 aromatic heterocycles. The van der Waals surface area contributed by atoms with E-state index < -0.39 is 14.5 Å². The third-order valence-electron chi connectivity index (χ3n) is 1.31. The molecule has 0 atom stereocenters. The van der Waals surface area contributed by atoms with Gasteiger partial charge in [-0.1, -0.05) is 24.4 Å². The van der Waals surface area contributed by atoms with Crippen LogP contribution in [0, 0.1) is 0 Å². The van der Waals surface area contributed by atoms with Crippen LogP contribution in [-0.2, 0) is 3.79 Å². The van der Waals surface area contributed by atoms with Crippen LogP contribution in [0.5, 0.6) is 0 Å². The predicted octanol–water partition coefficient (Wildman–Crippen LogP) is 0.870. The zero-order chi connectivity index (χ0) is 6.41. The van der Waals surface area contributed by atoms with E-state index >= 15 is 0 Å². The van der Waals surface area contributed by atoms with Crippen LogP contribution in [0.1, 0.15) is 20.8 Å². The highest BCUT2D eigenvalue weighted by molar-refractivity contribution is 6.51. The SMILES string of the molecule is CC[O][Al]([CH2]C)[CH2]C.[AlH3]. The van der Waals surface area contributed by atoms with Gasteiger partial charge in [0.05, 0.1) is 0 Å². The van der Waals surface area contributed by atoms with Crippen LogP contribution in [0.15, 0.2) is 0 Å². The van der Waals surface area contributed by atoms with E-state index in [1.807, 2.05) is 0 Å². The molecular weight excluding hydrogens is 142 g/mol. The summed E-state index contributed by atoms with van der Waals surface area (Å²) in [5.74, 6) is 0. The van der Waals surface area contributed by atoms with Crippen molar-refractivity contribution >= 4 is 31.8 Å². The molecule has 0 N–H and O–H groups in total. The van der Waals surface area contributed by atoms with Gasteiger partial charge in [-0.15, -0.1) is 0 Å². The summed E-state index contributed by atoms with van der Waals surface area (Å²) in [6.45, 7) is 7.43. The summed E-state index contributed by atoms with van der Waals surface area (Å²) in [5.41, 5.74) is 0. The smallest absolute Gasteiger partial charge is 0.460 e. The van der Waals surface area contributed by atoms with Gasteiger partial charge in [0, 0.05) is 6.61 Å². The fraction of sp³-hybridized carbons (Fsp3) is 1.00. The van der Waals surface area contributed by atoms with Crippen molar-refractivity contribution in [1.29, 1.82) is 0 Å². The maximum atomic E-state index is 5.48. The van der Waals surface area contributed by atoms with Crippen LogP contribution in [0.25, 0.3) is 0 Å². The molecule has 3 heteroatoms. The molecule has 0 aromatic carbocycles. The Labute approximate surface area is 73.6 Å². The third kappa shape index (κ3) is 6.92. The lowest BCUT2D eigenvalue weighted by Gasteiger charge is -2.04. The van der Waals surface area contributed by atoms with Gasteiger partial charge < -0.3 is 3.79 Å². The van der Waals surface area contributed by atoms with Gasteiger partial charge in [0.1, 0.15) is 0 Å². The van der Waals surface area contributed by atoms with Crippen molar-refractivity contribution < 1.29 is 3.79 Å². The Kier molecular flexibility index (Phi) is 12.7. The molecule has 0 saturated heterocycles. The van der Waals surface area contributed by atoms with Gasteiger partial charge in [-0.3, -0.25) is 0 Å². The van der Waals surface area contributed by atoms with E-state index in [0.717, 1.165) is 6.61 Å². The van der Waals surface area contributed by atoms with Gasteiger partial charge in [-0.2, -0.15) is 0 Å². The Morgan fingerprint density at radius 3 is 1.67 bits per heavy atom. The average molecular weight is 160 g/mol. The van der Waals surface area contributed by atoms with E-state index in [0.29, 0.717) is 0 Å². The Hall–Kier alpha value is 1.02. The summed E-state index contributed by atoms with van der Waals surface area (Å²) in [5, 5.41) is 2.56. The lowest BCUT2D eigenvalue weighted by atomic mass is 10.9. The molecule has 0 aliphatic carbocycles. The Bertz CT molecular complexity index is 46.3. The fourth-order valence-corrected chi connectivity index (χ4v) is 2.28. The van der Waals surface area contributed by atoms with Crippen LogP contribution in [0.2, 0.25) is 10.6 Å². The summed E-state index contributed by atoms with van der Waals surface area (Å²) in [4.78, 5) is 0. The molecule has 0 saturated carbocycles. The lowest BCUT2D eigenvalue weighted by molar-refractivity contribution is 0.343. The number of hydrogen-bond donors (Lipinski definition) is 0. The van der Waals surface area contributed by atoms with Crippen molar-refractivity contribution in [3.05, 3.63) is 0 Å². The molecule has 0 aliphatic heterocycles. The van der Waals surface area contributed by atoms with Crippen molar-refractivity contribution in [3.8, 4) is 0 Å². The predicted molar refractivity (Wildman–Crippen MR) is 48.3 cm³/mol. The highest BCUT2D eigenvalue weighted by Gasteiger charge is 2.12. The van der Waals surface area contributed by atoms with Crippen molar-refractivity contribution in [2.45, 2.75) is 31.3 Å². The maximum absolute atomic E-state index is 5.48. The molecule has 1 nitrogen and oxygen atoms in total. The second-order valence-corrected chi connectivity index (χ2v) is 5.10. The highest BCUT2D eigenvalue weighted by atomic mass is 27.2. The third-order valence-corrected chi connectivity index (χ3v) is 3.94. The average Bonchev–Trinajstić information content (AvgIpc) is 1.83. The standard InChI is InChI=1S/C2H5O.2C2H5.2Al.3H/c1-2-3;2*1-2;;;;;/h2H2,1H3;2*1H2,2H3;;;;;/q-1;;;;+1;;;. The molecule has 0 aliphatic rings. The topological polar surface area (TPSA) is 9.23 Å². The molecule has 0 rings (SSSR count). The molecule has 0 unspecified atom stereocenters. The van der Waals surface area contributed by atoms with Gasteiger partial charge in [0.2, 0.25) is 0 Å². The van der Waals surface area contributed by atoms with E-state index in [1.54, 1.807) is 0 Å². The fourth-order valence-electron chi connectivity index (χ4n) is 0.760. The molecule has 0 radical (unpaired) electrons. The minimum absolute atomic E-state index is 0. The Morgan fingerprint density at radius 2 is 1.56 bits per heavy atom. The van der Waals surface area contributed by atoms with Crippen molar-refractivity contribution in [3.63, 3.8) is 0 Å². The second-order valence-electron chi connectivity index (χ2n) is 1.89. The normalized spacial score (nSPS) is 8.33. The van der Waals surface area contributed by atoms with Gasteiger partial charge in [-0.25, -0.2) is 0 Å². The van der Waals surface area contributed by atoms with Gasteiger partial charge in [-0.05, 0) is 6.92 Å². The molecule has 54 valence electrons. The molecular formula is C6H18Al2O. The zero-order valence-electron chi connectivity index (χ0n) is 6.11. The molecule has 0 spiro atoms. The Morgan fingerprint density at radius 1 is 1.11 bits per heavy atom. The summed E-state index contributed by atoms with van der Waals surface area (Å²) in [6.07, 6.45) is 0. The largest absolute Gasteiger partial charge is 0.501 e. The van der Waals surface area contributed by atoms with Crippen molar-refractivity contribution in [1.82, 2.24) is 0 Å². The zero-order valence-corrected chi connectivity index (χ0v) is 7.26. The van der Waals surface area contributed by atoms with Crippen LogP contribution < -0.4 is 0 Å². The summed E-state index contributed by atoms with van der Waals surface area (Å²) in [6, 6.07) is 0. The number of hydrogen-bond acceptors (Lipinski definition) is 1. The minimum atomic E-state index is -0.692. The summed E-state index contributed by atoms with van der Waals surface area (Å²) >= 11 is -0.692. The number of rotatable bonds is 4. The first-order valence-corrected chi connectivity index (χ1v) is 5.57. The highest BCUT2D eigenvalue weighted by Crippen LogP contribution is 1.98. The van der Waals surface area contributed by atoms with Crippen molar-refractivity contribution in [2.24, 2.45) is 0 Å². The summed E-state index contributed by atoms with van der Waals surface area (Å²) < 4.78 is 5.48. The van der Waals surface area contributed by atoms with E-state index in [1.165, 1.54) is 10.6 Å². The van der Waals surface area contributed by atoms with Gasteiger partial charge in [0.15, 0.2) is 17.4 Å². The molecule has 0 fully saturated rings. The molecule has 0 heterocycles. The first-order chi connectivity index (χ1) is 3.85. The van der Waals surface area contributed by atoms with E-state index in [2.05, 4.69) is 20.8 Å². The maximum Gasteiger partial charge on any atom is 0.460 e. The summed E-state index contributed by atoms with van der Waals surface area (Å²) in [7, 11) is 0. The minimum Gasteiger partial charge on any atom is -0.501 e. The lowest BCUT2D eigenvalue weighted by Crippen LogP contribution is -2.14. The quantitative estimate of drug-likeness (QED) is 0.554. The van der Waals surface area contributed by atoms with Gasteiger partial charge >= 0.3 is 14.5 Å².